The molecule has 1 aromatic rings. The highest BCUT2D eigenvalue weighted by Crippen LogP contribution is 2.22. The number of carboxylic acid groups (broad SMARTS) is 1. The number of phenolic OH excluding ortho intramolecular Hbond substituents is 1. The van der Waals surface area contributed by atoms with Gasteiger partial charge >= 0.3 is 5.97 Å². The Kier molecular flexibility index (Phi) is 3.31. The van der Waals surface area contributed by atoms with Gasteiger partial charge in [-0.2, -0.15) is 0 Å². The number of carboxylic acids is 1. The zero-order valence-corrected chi connectivity index (χ0v) is 8.41. The van der Waals surface area contributed by atoms with Crippen molar-refractivity contribution in [1.82, 2.24) is 0 Å². The van der Waals surface area contributed by atoms with Gasteiger partial charge in [0.2, 0.25) is 0 Å². The van der Waals surface area contributed by atoms with Gasteiger partial charge in [-0.15, -0.1) is 0 Å². The smallest absolute Gasteiger partial charge is 0.303 e. The van der Waals surface area contributed by atoms with Crippen LogP contribution in [0.5, 0.6) is 5.75 Å². The Labute approximate surface area is 84.1 Å². The summed E-state index contributed by atoms with van der Waals surface area (Å²) in [5.41, 5.74) is 0.889. The molecule has 0 amide bonds. The van der Waals surface area contributed by atoms with Crippen LogP contribution in [0.2, 0.25) is 0 Å². The van der Waals surface area contributed by atoms with E-state index in [2.05, 4.69) is 15.9 Å². The molecule has 2 N–H and O–H groups in total. The summed E-state index contributed by atoms with van der Waals surface area (Å²) >= 11 is 3.24. The van der Waals surface area contributed by atoms with E-state index in [9.17, 15) is 4.79 Å². The monoisotopic (exact) mass is 244 g/mol. The molecule has 0 fully saturated rings. The number of rotatable bonds is 3. The summed E-state index contributed by atoms with van der Waals surface area (Å²) in [6.45, 7) is 0. The third-order valence-electron chi connectivity index (χ3n) is 1.64. The molecule has 0 spiro atoms. The molecule has 70 valence electrons. The summed E-state index contributed by atoms with van der Waals surface area (Å²) in [5.74, 6) is -0.647. The normalized spacial score (nSPS) is 9.92. The molecule has 0 atom stereocenters. The van der Waals surface area contributed by atoms with Crippen molar-refractivity contribution in [3.05, 3.63) is 28.2 Å². The van der Waals surface area contributed by atoms with Crippen LogP contribution in [0.15, 0.2) is 22.7 Å². The Bertz CT molecular complexity index is 323. The molecule has 0 unspecified atom stereocenters. The largest absolute Gasteiger partial charge is 0.508 e. The number of aliphatic carboxylic acids is 1. The van der Waals surface area contributed by atoms with Crippen molar-refractivity contribution < 1.29 is 15.0 Å². The molecule has 4 heteroatoms. The first kappa shape index (κ1) is 10.1. The minimum Gasteiger partial charge on any atom is -0.508 e. The van der Waals surface area contributed by atoms with Crippen LogP contribution < -0.4 is 0 Å². The Hall–Kier alpha value is -1.03. The molecule has 0 aromatic heterocycles. The lowest BCUT2D eigenvalue weighted by molar-refractivity contribution is -0.136. The Morgan fingerprint density at radius 1 is 1.46 bits per heavy atom. The second-order valence-electron chi connectivity index (χ2n) is 2.67. The van der Waals surface area contributed by atoms with E-state index in [0.29, 0.717) is 6.42 Å². The van der Waals surface area contributed by atoms with E-state index in [0.717, 1.165) is 10.0 Å². The van der Waals surface area contributed by atoms with Gasteiger partial charge in [-0.3, -0.25) is 4.79 Å². The first-order valence-corrected chi connectivity index (χ1v) is 4.58. The van der Waals surface area contributed by atoms with Gasteiger partial charge in [0, 0.05) is 10.9 Å². The second kappa shape index (κ2) is 4.28. The number of carbonyl (C=O) groups is 1. The zero-order chi connectivity index (χ0) is 9.84. The van der Waals surface area contributed by atoms with Crippen LogP contribution in [-0.2, 0) is 11.2 Å². The minimum absolute atomic E-state index is 0.101. The fourth-order valence-corrected chi connectivity index (χ4v) is 1.55. The molecule has 0 aliphatic heterocycles. The number of halogens is 1. The van der Waals surface area contributed by atoms with Crippen LogP contribution >= 0.6 is 15.9 Å². The molecule has 13 heavy (non-hydrogen) atoms. The van der Waals surface area contributed by atoms with Crippen LogP contribution in [-0.4, -0.2) is 16.2 Å². The predicted molar refractivity (Wildman–Crippen MR) is 51.8 cm³/mol. The number of benzene rings is 1. The van der Waals surface area contributed by atoms with Gasteiger partial charge in [-0.1, -0.05) is 22.0 Å². The second-order valence-corrected chi connectivity index (χ2v) is 3.52. The fraction of sp³-hybridized carbons (Fsp3) is 0.222. The molecule has 3 nitrogen and oxygen atoms in total. The van der Waals surface area contributed by atoms with Crippen LogP contribution in [0.25, 0.3) is 0 Å². The third kappa shape index (κ3) is 3.06. The first-order valence-electron chi connectivity index (χ1n) is 3.79. The van der Waals surface area contributed by atoms with Crippen LogP contribution in [0.4, 0.5) is 0 Å². The Balaban J connectivity index is 2.72. The highest BCUT2D eigenvalue weighted by molar-refractivity contribution is 9.10. The van der Waals surface area contributed by atoms with Crippen molar-refractivity contribution >= 4 is 21.9 Å². The van der Waals surface area contributed by atoms with Crippen molar-refractivity contribution in [2.24, 2.45) is 0 Å². The summed E-state index contributed by atoms with van der Waals surface area (Å²) in [6.07, 6.45) is 0.569. The van der Waals surface area contributed by atoms with Gasteiger partial charge in [-0.25, -0.2) is 0 Å². The molecule has 1 rings (SSSR count). The van der Waals surface area contributed by atoms with Gasteiger partial charge < -0.3 is 10.2 Å². The fourth-order valence-electron chi connectivity index (χ4n) is 0.981. The SMILES string of the molecule is O=C(O)CCc1ccc(O)cc1Br. The highest BCUT2D eigenvalue weighted by Gasteiger charge is 2.03. The van der Waals surface area contributed by atoms with Crippen LogP contribution in [0.3, 0.4) is 0 Å². The van der Waals surface area contributed by atoms with E-state index in [1.54, 1.807) is 18.2 Å². The van der Waals surface area contributed by atoms with Crippen molar-refractivity contribution in [2.45, 2.75) is 12.8 Å². The van der Waals surface area contributed by atoms with E-state index >= 15 is 0 Å². The van der Waals surface area contributed by atoms with Crippen LogP contribution in [0, 0.1) is 0 Å². The van der Waals surface area contributed by atoms with Crippen molar-refractivity contribution in [3.8, 4) is 5.75 Å². The minimum atomic E-state index is -0.819. The quantitative estimate of drug-likeness (QED) is 0.857. The van der Waals surface area contributed by atoms with E-state index < -0.39 is 5.97 Å². The number of hydrogen-bond donors (Lipinski definition) is 2. The van der Waals surface area contributed by atoms with Gasteiger partial charge in [0.25, 0.3) is 0 Å². The topological polar surface area (TPSA) is 57.5 Å². The lowest BCUT2D eigenvalue weighted by atomic mass is 10.1. The third-order valence-corrected chi connectivity index (χ3v) is 2.38. The van der Waals surface area contributed by atoms with Gasteiger partial charge in [-0.05, 0) is 24.1 Å². The summed E-state index contributed by atoms with van der Waals surface area (Å²) in [4.78, 5) is 10.3. The lowest BCUT2D eigenvalue weighted by Crippen LogP contribution is -1.97. The van der Waals surface area contributed by atoms with Crippen molar-refractivity contribution in [3.63, 3.8) is 0 Å². The van der Waals surface area contributed by atoms with Gasteiger partial charge in [0.15, 0.2) is 0 Å². The maximum absolute atomic E-state index is 10.3. The highest BCUT2D eigenvalue weighted by atomic mass is 79.9. The molecule has 0 aliphatic carbocycles. The molecular weight excluding hydrogens is 236 g/mol. The first-order chi connectivity index (χ1) is 6.09. The average Bonchev–Trinajstić information content (AvgIpc) is 2.02. The standard InChI is InChI=1S/C9H9BrO3/c10-8-5-7(11)3-1-6(8)2-4-9(12)13/h1,3,5,11H,2,4H2,(H,12,13). The number of phenols is 1. The van der Waals surface area contributed by atoms with E-state index in [1.165, 1.54) is 0 Å². The average molecular weight is 245 g/mol. The number of aromatic hydroxyl groups is 1. The predicted octanol–water partition coefficient (Wildman–Crippen LogP) is 2.17. The molecule has 0 saturated carbocycles. The summed E-state index contributed by atoms with van der Waals surface area (Å²) in [7, 11) is 0. The number of aryl methyl sites for hydroxylation is 1. The molecule has 0 aliphatic rings. The number of hydrogen-bond acceptors (Lipinski definition) is 2. The zero-order valence-electron chi connectivity index (χ0n) is 6.83. The maximum atomic E-state index is 10.3. The Morgan fingerprint density at radius 3 is 2.69 bits per heavy atom. The van der Waals surface area contributed by atoms with Gasteiger partial charge in [0.1, 0.15) is 5.75 Å². The summed E-state index contributed by atoms with van der Waals surface area (Å²) in [5, 5.41) is 17.5. The van der Waals surface area contributed by atoms with Crippen molar-refractivity contribution in [2.75, 3.05) is 0 Å². The van der Waals surface area contributed by atoms with E-state index in [4.69, 9.17) is 10.2 Å². The summed E-state index contributed by atoms with van der Waals surface area (Å²) in [6, 6.07) is 4.81. The van der Waals surface area contributed by atoms with E-state index in [-0.39, 0.29) is 12.2 Å². The van der Waals surface area contributed by atoms with E-state index in [1.807, 2.05) is 0 Å². The molecule has 0 radical (unpaired) electrons. The molecular formula is C9H9BrO3. The molecule has 0 saturated heterocycles. The molecule has 0 bridgehead atoms. The lowest BCUT2D eigenvalue weighted by Gasteiger charge is -2.02. The van der Waals surface area contributed by atoms with Gasteiger partial charge in [0.05, 0.1) is 0 Å². The Morgan fingerprint density at radius 2 is 2.15 bits per heavy atom. The molecule has 0 heterocycles. The maximum Gasteiger partial charge on any atom is 0.303 e. The molecule has 1 aromatic carbocycles. The van der Waals surface area contributed by atoms with Crippen LogP contribution in [0.1, 0.15) is 12.0 Å². The summed E-state index contributed by atoms with van der Waals surface area (Å²) < 4.78 is 0.744. The van der Waals surface area contributed by atoms with Crippen molar-refractivity contribution in [1.29, 1.82) is 0 Å².